The van der Waals surface area contributed by atoms with Crippen LogP contribution in [0.5, 0.6) is 0 Å². The Kier molecular flexibility index (Phi) is 5.78. The number of nitrogen functional groups attached to an aromatic ring is 1. The second-order valence-corrected chi connectivity index (χ2v) is 9.71. The molecule has 0 unspecified atom stereocenters. The highest BCUT2D eigenvalue weighted by Crippen LogP contribution is 2.29. The highest BCUT2D eigenvalue weighted by molar-refractivity contribution is 7.89. The Labute approximate surface area is 181 Å². The van der Waals surface area contributed by atoms with Crippen molar-refractivity contribution in [3.05, 3.63) is 42.4 Å². The number of sulfonamides is 1. The number of benzene rings is 1. The van der Waals surface area contributed by atoms with Gasteiger partial charge in [-0.25, -0.2) is 23.1 Å². The maximum atomic E-state index is 13.0. The summed E-state index contributed by atoms with van der Waals surface area (Å²) in [5.74, 6) is 0.277. The van der Waals surface area contributed by atoms with Gasteiger partial charge in [0.1, 0.15) is 11.5 Å². The van der Waals surface area contributed by atoms with Crippen molar-refractivity contribution in [2.45, 2.75) is 49.6 Å². The van der Waals surface area contributed by atoms with Crippen LogP contribution >= 0.6 is 0 Å². The first-order valence-electron chi connectivity index (χ1n) is 10.2. The number of nitrogens with one attached hydrogen (secondary N) is 1. The molecular formula is C21H26N6O3S. The van der Waals surface area contributed by atoms with E-state index in [4.69, 9.17) is 5.73 Å². The summed E-state index contributed by atoms with van der Waals surface area (Å²) in [6.07, 6.45) is 7.10. The lowest BCUT2D eigenvalue weighted by atomic mass is 9.94. The molecule has 3 aromatic rings. The van der Waals surface area contributed by atoms with E-state index in [9.17, 15) is 13.5 Å². The number of aliphatic hydroxyl groups excluding tert-OH is 1. The molecule has 0 atom stereocenters. The lowest BCUT2D eigenvalue weighted by Crippen LogP contribution is -2.38. The Morgan fingerprint density at radius 2 is 1.94 bits per heavy atom. The van der Waals surface area contributed by atoms with Gasteiger partial charge < -0.3 is 10.8 Å². The van der Waals surface area contributed by atoms with Crippen molar-refractivity contribution in [3.63, 3.8) is 0 Å². The van der Waals surface area contributed by atoms with Crippen LogP contribution in [0.1, 0.15) is 31.2 Å². The summed E-state index contributed by atoms with van der Waals surface area (Å²) in [5, 5.41) is 13.8. The Bertz CT molecular complexity index is 1200. The first-order chi connectivity index (χ1) is 14.7. The van der Waals surface area contributed by atoms with Crippen LogP contribution < -0.4 is 10.5 Å². The maximum absolute atomic E-state index is 13.0. The van der Waals surface area contributed by atoms with Crippen molar-refractivity contribution in [2.24, 2.45) is 7.05 Å². The fourth-order valence-electron chi connectivity index (χ4n) is 3.81. The predicted molar refractivity (Wildman–Crippen MR) is 117 cm³/mol. The first kappa shape index (κ1) is 21.4. The number of aliphatic hydroxyl groups is 1. The lowest BCUT2D eigenvalue weighted by molar-refractivity contribution is 0.120. The summed E-state index contributed by atoms with van der Waals surface area (Å²) in [5.41, 5.74) is 9.32. The molecule has 164 valence electrons. The lowest BCUT2D eigenvalue weighted by Gasteiger charge is -2.26. The fourth-order valence-corrected chi connectivity index (χ4v) is 5.14. The number of rotatable bonds is 5. The van der Waals surface area contributed by atoms with Gasteiger partial charge in [0.05, 0.1) is 29.1 Å². The summed E-state index contributed by atoms with van der Waals surface area (Å²) >= 11 is 0. The molecule has 1 fully saturated rings. The zero-order chi connectivity index (χ0) is 22.2. The predicted octanol–water partition coefficient (Wildman–Crippen LogP) is 2.02. The van der Waals surface area contributed by atoms with Crippen molar-refractivity contribution in [1.82, 2.24) is 24.5 Å². The topological polar surface area (TPSA) is 136 Å². The molecule has 9 nitrogen and oxygen atoms in total. The molecule has 0 spiro atoms. The van der Waals surface area contributed by atoms with Gasteiger partial charge in [-0.2, -0.15) is 5.10 Å². The normalized spacial score (nSPS) is 19.5. The van der Waals surface area contributed by atoms with Gasteiger partial charge in [0.2, 0.25) is 10.0 Å². The van der Waals surface area contributed by atoms with Gasteiger partial charge in [-0.1, -0.05) is 6.07 Å². The third-order valence-corrected chi connectivity index (χ3v) is 7.11. The number of anilines is 1. The monoisotopic (exact) mass is 442 g/mol. The molecule has 10 heteroatoms. The van der Waals surface area contributed by atoms with Crippen LogP contribution in [0.2, 0.25) is 0 Å². The quantitative estimate of drug-likeness (QED) is 0.550. The molecule has 1 saturated carbocycles. The van der Waals surface area contributed by atoms with Gasteiger partial charge in [0.25, 0.3) is 0 Å². The van der Waals surface area contributed by atoms with E-state index in [-0.39, 0.29) is 22.9 Å². The molecule has 31 heavy (non-hydrogen) atoms. The zero-order valence-electron chi connectivity index (χ0n) is 17.5. The van der Waals surface area contributed by atoms with Gasteiger partial charge in [-0.15, -0.1) is 0 Å². The van der Waals surface area contributed by atoms with Crippen LogP contribution in [0.15, 0.2) is 41.7 Å². The average Bonchev–Trinajstić information content (AvgIpc) is 3.16. The number of hydrogen-bond acceptors (Lipinski definition) is 7. The van der Waals surface area contributed by atoms with E-state index in [0.29, 0.717) is 42.6 Å². The average molecular weight is 443 g/mol. The van der Waals surface area contributed by atoms with E-state index in [1.54, 1.807) is 48.5 Å². The highest BCUT2D eigenvalue weighted by atomic mass is 32.2. The van der Waals surface area contributed by atoms with Crippen LogP contribution in [0.3, 0.4) is 0 Å². The summed E-state index contributed by atoms with van der Waals surface area (Å²) in [4.78, 5) is 9.08. The van der Waals surface area contributed by atoms with Crippen molar-refractivity contribution in [2.75, 3.05) is 5.73 Å². The SMILES string of the molecule is Cc1ccc(S(=O)(=O)NC2CCC(O)CC2)cc1-c1cnc(N)c(-c2cnn(C)c2)n1. The van der Waals surface area contributed by atoms with E-state index < -0.39 is 10.0 Å². The zero-order valence-corrected chi connectivity index (χ0v) is 18.3. The molecule has 4 N–H and O–H groups in total. The van der Waals surface area contributed by atoms with Crippen molar-refractivity contribution in [3.8, 4) is 22.5 Å². The molecule has 2 aromatic heterocycles. The van der Waals surface area contributed by atoms with Crippen LogP contribution in [-0.4, -0.2) is 45.4 Å². The third-order valence-electron chi connectivity index (χ3n) is 5.59. The van der Waals surface area contributed by atoms with Gasteiger partial charge in [0.15, 0.2) is 0 Å². The van der Waals surface area contributed by atoms with E-state index in [1.165, 1.54) is 0 Å². The van der Waals surface area contributed by atoms with E-state index in [2.05, 4.69) is 19.8 Å². The minimum Gasteiger partial charge on any atom is -0.393 e. The number of hydrogen-bond donors (Lipinski definition) is 3. The largest absolute Gasteiger partial charge is 0.393 e. The first-order valence-corrected chi connectivity index (χ1v) is 11.6. The standard InChI is InChI=1S/C21H26N6O3S/c1-13-3-8-17(31(29,30)26-15-4-6-16(28)7-5-15)9-18(13)19-11-23-21(22)20(25-19)14-10-24-27(2)12-14/h3,8-12,15-16,26,28H,4-7H2,1-2H3,(H2,22,23). The maximum Gasteiger partial charge on any atom is 0.240 e. The Hall–Kier alpha value is -2.82. The molecule has 2 heterocycles. The number of nitrogens with two attached hydrogens (primary N) is 1. The smallest absolute Gasteiger partial charge is 0.240 e. The minimum absolute atomic E-state index is 0.167. The van der Waals surface area contributed by atoms with Gasteiger partial charge in [-0.05, 0) is 50.3 Å². The highest BCUT2D eigenvalue weighted by Gasteiger charge is 2.25. The number of aryl methyl sites for hydroxylation is 2. The van der Waals surface area contributed by atoms with Crippen LogP contribution in [0, 0.1) is 6.92 Å². The Morgan fingerprint density at radius 1 is 1.19 bits per heavy atom. The molecule has 0 aliphatic heterocycles. The van der Waals surface area contributed by atoms with E-state index in [1.807, 2.05) is 6.92 Å². The molecule has 1 aliphatic rings. The molecular weight excluding hydrogens is 416 g/mol. The second-order valence-electron chi connectivity index (χ2n) is 8.00. The van der Waals surface area contributed by atoms with Gasteiger partial charge in [0, 0.05) is 30.4 Å². The molecule has 1 aliphatic carbocycles. The summed E-state index contributed by atoms with van der Waals surface area (Å²) in [6.45, 7) is 1.89. The number of aromatic nitrogens is 4. The molecule has 0 bridgehead atoms. The summed E-state index contributed by atoms with van der Waals surface area (Å²) < 4.78 is 30.4. The van der Waals surface area contributed by atoms with Gasteiger partial charge >= 0.3 is 0 Å². The molecule has 0 amide bonds. The second kappa shape index (κ2) is 8.37. The Morgan fingerprint density at radius 3 is 2.61 bits per heavy atom. The van der Waals surface area contributed by atoms with Crippen molar-refractivity contribution in [1.29, 1.82) is 0 Å². The van der Waals surface area contributed by atoms with Crippen LogP contribution in [-0.2, 0) is 17.1 Å². The van der Waals surface area contributed by atoms with Gasteiger partial charge in [-0.3, -0.25) is 4.68 Å². The molecule has 4 rings (SSSR count). The Balaban J connectivity index is 1.67. The molecule has 1 aromatic carbocycles. The minimum atomic E-state index is -3.71. The molecule has 0 saturated heterocycles. The van der Waals surface area contributed by atoms with E-state index in [0.717, 1.165) is 11.1 Å². The van der Waals surface area contributed by atoms with E-state index >= 15 is 0 Å². The summed E-state index contributed by atoms with van der Waals surface area (Å²) in [6, 6.07) is 4.79. The van der Waals surface area contributed by atoms with Crippen LogP contribution in [0.4, 0.5) is 5.82 Å². The van der Waals surface area contributed by atoms with Crippen LogP contribution in [0.25, 0.3) is 22.5 Å². The number of nitrogens with zero attached hydrogens (tertiary/aromatic N) is 4. The third kappa shape index (κ3) is 4.60. The van der Waals surface area contributed by atoms with Crippen molar-refractivity contribution >= 4 is 15.8 Å². The fraction of sp³-hybridized carbons (Fsp3) is 0.381. The van der Waals surface area contributed by atoms with Crippen molar-refractivity contribution < 1.29 is 13.5 Å². The molecule has 0 radical (unpaired) electrons. The summed E-state index contributed by atoms with van der Waals surface area (Å²) in [7, 11) is -1.91.